The maximum Gasteiger partial charge on any atom is 0.129 e. The Morgan fingerprint density at radius 1 is 1.60 bits per heavy atom. The molecule has 0 spiro atoms. The van der Waals surface area contributed by atoms with E-state index in [-0.39, 0.29) is 11.9 Å². The summed E-state index contributed by atoms with van der Waals surface area (Å²) in [6.45, 7) is 0. The van der Waals surface area contributed by atoms with Gasteiger partial charge in [0.25, 0.3) is 0 Å². The number of halogens is 2. The second-order valence-electron chi connectivity index (χ2n) is 3.10. The van der Waals surface area contributed by atoms with Gasteiger partial charge in [-0.15, -0.1) is 12.3 Å². The molecule has 3 N–H and O–H groups in total. The minimum atomic E-state index is -0.288. The lowest BCUT2D eigenvalue weighted by molar-refractivity contribution is 0.488. The first-order valence-electron chi connectivity index (χ1n) is 4.54. The van der Waals surface area contributed by atoms with Crippen molar-refractivity contribution in [1.82, 2.24) is 5.43 Å². The quantitative estimate of drug-likeness (QED) is 0.501. The van der Waals surface area contributed by atoms with Crippen LogP contribution in [-0.2, 0) is 0 Å². The van der Waals surface area contributed by atoms with Crippen LogP contribution in [-0.4, -0.2) is 0 Å². The minimum absolute atomic E-state index is 0.267. The van der Waals surface area contributed by atoms with Crippen molar-refractivity contribution in [2.45, 2.75) is 18.9 Å². The third-order valence-corrected chi connectivity index (χ3v) is 2.82. The molecular formula is C11H12BrFN2. The van der Waals surface area contributed by atoms with Gasteiger partial charge in [0.1, 0.15) is 5.82 Å². The summed E-state index contributed by atoms with van der Waals surface area (Å²) in [6, 6.07) is 4.55. The van der Waals surface area contributed by atoms with Crippen LogP contribution in [0.1, 0.15) is 24.4 Å². The van der Waals surface area contributed by atoms with Crippen molar-refractivity contribution in [3.05, 3.63) is 34.1 Å². The SMILES string of the molecule is C#CCCC(NN)c1c(F)cccc1Br. The smallest absolute Gasteiger partial charge is 0.129 e. The van der Waals surface area contributed by atoms with Crippen LogP contribution in [0.2, 0.25) is 0 Å². The third-order valence-electron chi connectivity index (χ3n) is 2.13. The Bertz CT molecular complexity index is 353. The van der Waals surface area contributed by atoms with Crippen LogP contribution in [0.15, 0.2) is 22.7 Å². The zero-order valence-corrected chi connectivity index (χ0v) is 9.72. The summed E-state index contributed by atoms with van der Waals surface area (Å²) in [5, 5.41) is 0. The van der Waals surface area contributed by atoms with Crippen molar-refractivity contribution in [2.24, 2.45) is 5.84 Å². The summed E-state index contributed by atoms with van der Waals surface area (Å²) in [5.74, 6) is 7.60. The number of hydrogen-bond acceptors (Lipinski definition) is 2. The summed E-state index contributed by atoms with van der Waals surface area (Å²) in [6.07, 6.45) is 6.32. The third kappa shape index (κ3) is 3.03. The molecule has 4 heteroatoms. The van der Waals surface area contributed by atoms with E-state index in [9.17, 15) is 4.39 Å². The summed E-state index contributed by atoms with van der Waals surface area (Å²) in [5.41, 5.74) is 3.09. The molecule has 0 aromatic heterocycles. The highest BCUT2D eigenvalue weighted by Crippen LogP contribution is 2.28. The van der Waals surface area contributed by atoms with Crippen molar-refractivity contribution in [3.63, 3.8) is 0 Å². The average Bonchev–Trinajstić information content (AvgIpc) is 2.22. The lowest BCUT2D eigenvalue weighted by Gasteiger charge is -2.17. The number of benzene rings is 1. The first-order valence-corrected chi connectivity index (χ1v) is 5.33. The molecule has 2 nitrogen and oxygen atoms in total. The molecule has 0 fully saturated rings. The second-order valence-corrected chi connectivity index (χ2v) is 3.95. The Kier molecular flexibility index (Phi) is 4.76. The van der Waals surface area contributed by atoms with Crippen LogP contribution in [0.25, 0.3) is 0 Å². The molecule has 0 radical (unpaired) electrons. The summed E-state index contributed by atoms with van der Waals surface area (Å²) < 4.78 is 14.2. The van der Waals surface area contributed by atoms with Gasteiger partial charge in [-0.2, -0.15) is 0 Å². The van der Waals surface area contributed by atoms with E-state index < -0.39 is 0 Å². The molecule has 0 bridgehead atoms. The van der Waals surface area contributed by atoms with Gasteiger partial charge in [-0.1, -0.05) is 22.0 Å². The van der Waals surface area contributed by atoms with E-state index in [1.807, 2.05) is 0 Å². The van der Waals surface area contributed by atoms with Gasteiger partial charge in [-0.25, -0.2) is 4.39 Å². The lowest BCUT2D eigenvalue weighted by Crippen LogP contribution is -2.29. The molecule has 0 heterocycles. The Morgan fingerprint density at radius 2 is 2.33 bits per heavy atom. The largest absolute Gasteiger partial charge is 0.271 e. The molecule has 80 valence electrons. The minimum Gasteiger partial charge on any atom is -0.271 e. The molecule has 0 saturated carbocycles. The van der Waals surface area contributed by atoms with Crippen molar-refractivity contribution in [3.8, 4) is 12.3 Å². The Morgan fingerprint density at radius 3 is 2.87 bits per heavy atom. The molecule has 1 unspecified atom stereocenters. The van der Waals surface area contributed by atoms with Crippen molar-refractivity contribution in [2.75, 3.05) is 0 Å². The van der Waals surface area contributed by atoms with E-state index in [0.717, 1.165) is 0 Å². The molecule has 1 aromatic rings. The maximum absolute atomic E-state index is 13.5. The standard InChI is InChI=1S/C11H12BrFN2/c1-2-3-7-10(15-14)11-8(12)5-4-6-9(11)13/h1,4-6,10,15H,3,7,14H2. The van der Waals surface area contributed by atoms with Gasteiger partial charge in [0.15, 0.2) is 0 Å². The number of nitrogens with two attached hydrogens (primary N) is 1. The van der Waals surface area contributed by atoms with Crippen LogP contribution in [0.3, 0.4) is 0 Å². The van der Waals surface area contributed by atoms with E-state index in [0.29, 0.717) is 22.9 Å². The Balaban J connectivity index is 2.96. The highest BCUT2D eigenvalue weighted by Gasteiger charge is 2.16. The summed E-state index contributed by atoms with van der Waals surface area (Å²) in [4.78, 5) is 0. The fourth-order valence-electron chi connectivity index (χ4n) is 1.38. The predicted octanol–water partition coefficient (Wildman–Crippen LogP) is 2.51. The van der Waals surface area contributed by atoms with E-state index in [1.54, 1.807) is 12.1 Å². The van der Waals surface area contributed by atoms with E-state index >= 15 is 0 Å². The van der Waals surface area contributed by atoms with E-state index in [1.165, 1.54) is 6.07 Å². The maximum atomic E-state index is 13.5. The van der Waals surface area contributed by atoms with Gasteiger partial charge < -0.3 is 0 Å². The molecule has 15 heavy (non-hydrogen) atoms. The molecule has 1 rings (SSSR count). The van der Waals surface area contributed by atoms with Crippen LogP contribution in [0.5, 0.6) is 0 Å². The van der Waals surface area contributed by atoms with E-state index in [2.05, 4.69) is 27.3 Å². The van der Waals surface area contributed by atoms with Gasteiger partial charge in [-0.05, 0) is 18.6 Å². The number of terminal acetylenes is 1. The average molecular weight is 271 g/mol. The van der Waals surface area contributed by atoms with Crippen molar-refractivity contribution < 1.29 is 4.39 Å². The van der Waals surface area contributed by atoms with Crippen LogP contribution < -0.4 is 11.3 Å². The monoisotopic (exact) mass is 270 g/mol. The highest BCUT2D eigenvalue weighted by atomic mass is 79.9. The van der Waals surface area contributed by atoms with Crippen molar-refractivity contribution in [1.29, 1.82) is 0 Å². The molecule has 0 amide bonds. The topological polar surface area (TPSA) is 38.0 Å². The highest BCUT2D eigenvalue weighted by molar-refractivity contribution is 9.10. The molecule has 1 atom stereocenters. The number of rotatable bonds is 4. The van der Waals surface area contributed by atoms with Gasteiger partial charge in [0, 0.05) is 16.5 Å². The fraction of sp³-hybridized carbons (Fsp3) is 0.273. The zero-order chi connectivity index (χ0) is 11.3. The van der Waals surface area contributed by atoms with Gasteiger partial charge in [-0.3, -0.25) is 11.3 Å². The molecule has 0 saturated heterocycles. The molecule has 0 aliphatic rings. The number of nitrogens with one attached hydrogen (secondary N) is 1. The summed E-state index contributed by atoms with van der Waals surface area (Å²) >= 11 is 3.29. The molecule has 0 aliphatic heterocycles. The van der Waals surface area contributed by atoms with Crippen LogP contribution >= 0.6 is 15.9 Å². The fourth-order valence-corrected chi connectivity index (χ4v) is 2.00. The molecular weight excluding hydrogens is 259 g/mol. The van der Waals surface area contributed by atoms with Crippen LogP contribution in [0.4, 0.5) is 4.39 Å². The van der Waals surface area contributed by atoms with E-state index in [4.69, 9.17) is 12.3 Å². The van der Waals surface area contributed by atoms with Crippen LogP contribution in [0, 0.1) is 18.2 Å². The molecule has 1 aromatic carbocycles. The molecule has 0 aliphatic carbocycles. The Labute approximate surface area is 97.1 Å². The van der Waals surface area contributed by atoms with Gasteiger partial charge in [0.05, 0.1) is 6.04 Å². The van der Waals surface area contributed by atoms with Crippen molar-refractivity contribution >= 4 is 15.9 Å². The lowest BCUT2D eigenvalue weighted by atomic mass is 10.0. The summed E-state index contributed by atoms with van der Waals surface area (Å²) in [7, 11) is 0. The first kappa shape index (κ1) is 12.2. The predicted molar refractivity (Wildman–Crippen MR) is 62.2 cm³/mol. The first-order chi connectivity index (χ1) is 7.20. The van der Waals surface area contributed by atoms with Gasteiger partial charge >= 0.3 is 0 Å². The number of hydrogen-bond donors (Lipinski definition) is 2. The normalized spacial score (nSPS) is 12.1. The Hall–Kier alpha value is -0.890. The zero-order valence-electron chi connectivity index (χ0n) is 8.13. The van der Waals surface area contributed by atoms with Gasteiger partial charge in [0.2, 0.25) is 0 Å². The number of hydrazine groups is 1. The second kappa shape index (κ2) is 5.86.